The van der Waals surface area contributed by atoms with Crippen LogP contribution < -0.4 is 10.6 Å². The van der Waals surface area contributed by atoms with Gasteiger partial charge in [0.25, 0.3) is 0 Å². The van der Waals surface area contributed by atoms with E-state index in [0.717, 1.165) is 13.0 Å². The van der Waals surface area contributed by atoms with E-state index in [2.05, 4.69) is 29.5 Å². The number of hydrogen-bond acceptors (Lipinski definition) is 5. The predicted molar refractivity (Wildman–Crippen MR) is 75.5 cm³/mol. The second-order valence-electron chi connectivity index (χ2n) is 5.02. The van der Waals surface area contributed by atoms with Crippen LogP contribution >= 0.6 is 0 Å². The molecule has 1 heterocycles. The standard InChI is InChI=1S/C13H20N4O2/c1-3-8-14-12-7-6-11(17(18)19)13(16-12)15-9(2)10-4-5-10/h6-7,9-10H,3-5,8H2,1-2H3,(H2,14,15,16). The first-order chi connectivity index (χ1) is 9.11. The average Bonchev–Trinajstić information content (AvgIpc) is 3.20. The third kappa shape index (κ3) is 3.56. The minimum absolute atomic E-state index is 0.0366. The largest absolute Gasteiger partial charge is 0.370 e. The van der Waals surface area contributed by atoms with Crippen LogP contribution in [0.5, 0.6) is 0 Å². The van der Waals surface area contributed by atoms with Gasteiger partial charge < -0.3 is 10.6 Å². The Morgan fingerprint density at radius 3 is 2.84 bits per heavy atom. The Hall–Kier alpha value is -1.85. The monoisotopic (exact) mass is 264 g/mol. The Morgan fingerprint density at radius 1 is 1.53 bits per heavy atom. The zero-order valence-electron chi connectivity index (χ0n) is 11.3. The molecule has 0 spiro atoms. The van der Waals surface area contributed by atoms with Gasteiger partial charge >= 0.3 is 5.69 Å². The predicted octanol–water partition coefficient (Wildman–Crippen LogP) is 3.02. The fourth-order valence-corrected chi connectivity index (χ4v) is 1.99. The summed E-state index contributed by atoms with van der Waals surface area (Å²) >= 11 is 0. The summed E-state index contributed by atoms with van der Waals surface area (Å²) in [6.45, 7) is 4.92. The Bertz CT molecular complexity index is 460. The molecule has 0 aliphatic heterocycles. The lowest BCUT2D eigenvalue weighted by Gasteiger charge is -2.14. The first-order valence-electron chi connectivity index (χ1n) is 6.77. The zero-order valence-corrected chi connectivity index (χ0v) is 11.3. The number of anilines is 2. The summed E-state index contributed by atoms with van der Waals surface area (Å²) in [5.74, 6) is 1.66. The summed E-state index contributed by atoms with van der Waals surface area (Å²) in [6.07, 6.45) is 3.37. The number of hydrogen-bond donors (Lipinski definition) is 2. The van der Waals surface area contributed by atoms with E-state index in [0.29, 0.717) is 17.6 Å². The normalized spacial score (nSPS) is 15.9. The van der Waals surface area contributed by atoms with Crippen LogP contribution in [0.4, 0.5) is 17.3 Å². The molecule has 0 radical (unpaired) electrons. The lowest BCUT2D eigenvalue weighted by molar-refractivity contribution is -0.384. The van der Waals surface area contributed by atoms with Crippen molar-refractivity contribution in [1.29, 1.82) is 0 Å². The van der Waals surface area contributed by atoms with Gasteiger partial charge in [0.15, 0.2) is 0 Å². The highest BCUT2D eigenvalue weighted by Crippen LogP contribution is 2.35. The highest BCUT2D eigenvalue weighted by Gasteiger charge is 2.29. The molecule has 6 heteroatoms. The topological polar surface area (TPSA) is 80.1 Å². The highest BCUT2D eigenvalue weighted by molar-refractivity contribution is 5.60. The Labute approximate surface area is 112 Å². The minimum atomic E-state index is -0.390. The molecule has 0 aromatic carbocycles. The van der Waals surface area contributed by atoms with E-state index in [1.54, 1.807) is 6.07 Å². The number of nitrogens with zero attached hydrogens (tertiary/aromatic N) is 2. The van der Waals surface area contributed by atoms with Gasteiger partial charge in [-0.15, -0.1) is 0 Å². The maximum Gasteiger partial charge on any atom is 0.311 e. The van der Waals surface area contributed by atoms with Crippen molar-refractivity contribution < 1.29 is 4.92 Å². The molecule has 0 saturated heterocycles. The summed E-state index contributed by atoms with van der Waals surface area (Å²) in [5, 5.41) is 17.3. The maximum atomic E-state index is 11.0. The highest BCUT2D eigenvalue weighted by atomic mass is 16.6. The number of rotatable bonds is 7. The SMILES string of the molecule is CCCNc1ccc([N+](=O)[O-])c(NC(C)C2CC2)n1. The van der Waals surface area contributed by atoms with Gasteiger partial charge in [0.1, 0.15) is 5.82 Å². The van der Waals surface area contributed by atoms with Crippen LogP contribution in [-0.2, 0) is 0 Å². The molecule has 1 aromatic heterocycles. The van der Waals surface area contributed by atoms with E-state index < -0.39 is 4.92 Å². The summed E-state index contributed by atoms with van der Waals surface area (Å²) in [7, 11) is 0. The second kappa shape index (κ2) is 5.86. The van der Waals surface area contributed by atoms with Gasteiger partial charge in [0.2, 0.25) is 5.82 Å². The minimum Gasteiger partial charge on any atom is -0.370 e. The Kier molecular flexibility index (Phi) is 4.19. The first kappa shape index (κ1) is 13.6. The molecule has 0 amide bonds. The van der Waals surface area contributed by atoms with Crippen LogP contribution in [0.1, 0.15) is 33.1 Å². The van der Waals surface area contributed by atoms with Crippen molar-refractivity contribution in [2.75, 3.05) is 17.2 Å². The van der Waals surface area contributed by atoms with Gasteiger partial charge in [0.05, 0.1) is 4.92 Å². The van der Waals surface area contributed by atoms with Gasteiger partial charge in [-0.1, -0.05) is 6.92 Å². The molecule has 19 heavy (non-hydrogen) atoms. The van der Waals surface area contributed by atoms with Crippen LogP contribution in [0, 0.1) is 16.0 Å². The van der Waals surface area contributed by atoms with Crippen LogP contribution in [0.3, 0.4) is 0 Å². The zero-order chi connectivity index (χ0) is 13.8. The van der Waals surface area contributed by atoms with Gasteiger partial charge in [-0.2, -0.15) is 0 Å². The van der Waals surface area contributed by atoms with E-state index >= 15 is 0 Å². The van der Waals surface area contributed by atoms with Gasteiger partial charge in [-0.25, -0.2) is 4.98 Å². The molecule has 1 unspecified atom stereocenters. The summed E-state index contributed by atoms with van der Waals surface area (Å²) in [6, 6.07) is 3.39. The molecule has 0 bridgehead atoms. The third-order valence-corrected chi connectivity index (χ3v) is 3.32. The molecule has 1 aliphatic rings. The summed E-state index contributed by atoms with van der Waals surface area (Å²) < 4.78 is 0. The fourth-order valence-electron chi connectivity index (χ4n) is 1.99. The smallest absolute Gasteiger partial charge is 0.311 e. The van der Waals surface area contributed by atoms with E-state index in [4.69, 9.17) is 0 Å². The second-order valence-corrected chi connectivity index (χ2v) is 5.02. The Balaban J connectivity index is 2.16. The molecule has 1 aromatic rings. The van der Waals surface area contributed by atoms with Crippen molar-refractivity contribution in [2.45, 2.75) is 39.2 Å². The van der Waals surface area contributed by atoms with Crippen molar-refractivity contribution in [3.8, 4) is 0 Å². The van der Waals surface area contributed by atoms with E-state index in [9.17, 15) is 10.1 Å². The van der Waals surface area contributed by atoms with Crippen molar-refractivity contribution >= 4 is 17.3 Å². The molecular weight excluding hydrogens is 244 g/mol. The molecule has 1 atom stereocenters. The summed E-state index contributed by atoms with van der Waals surface area (Å²) in [4.78, 5) is 14.9. The molecule has 1 aliphatic carbocycles. The van der Waals surface area contributed by atoms with Crippen molar-refractivity contribution in [3.05, 3.63) is 22.2 Å². The maximum absolute atomic E-state index is 11.0. The number of nitrogens with one attached hydrogen (secondary N) is 2. The van der Waals surface area contributed by atoms with Gasteiger partial charge in [-0.3, -0.25) is 10.1 Å². The average molecular weight is 264 g/mol. The van der Waals surface area contributed by atoms with Crippen molar-refractivity contribution in [1.82, 2.24) is 4.98 Å². The van der Waals surface area contributed by atoms with Crippen LogP contribution in [0.25, 0.3) is 0 Å². The molecule has 104 valence electrons. The molecule has 2 N–H and O–H groups in total. The van der Waals surface area contributed by atoms with E-state index in [1.165, 1.54) is 18.9 Å². The first-order valence-corrected chi connectivity index (χ1v) is 6.77. The fraction of sp³-hybridized carbons (Fsp3) is 0.615. The third-order valence-electron chi connectivity index (χ3n) is 3.32. The van der Waals surface area contributed by atoms with Gasteiger partial charge in [0, 0.05) is 18.7 Å². The summed E-state index contributed by atoms with van der Waals surface area (Å²) in [5.41, 5.74) is 0.0366. The van der Waals surface area contributed by atoms with Crippen LogP contribution in [-0.4, -0.2) is 22.5 Å². The van der Waals surface area contributed by atoms with Gasteiger partial charge in [-0.05, 0) is 38.2 Å². The van der Waals surface area contributed by atoms with E-state index in [-0.39, 0.29) is 11.7 Å². The molecule has 6 nitrogen and oxygen atoms in total. The quantitative estimate of drug-likeness (QED) is 0.584. The number of pyridine rings is 1. The van der Waals surface area contributed by atoms with Crippen molar-refractivity contribution in [3.63, 3.8) is 0 Å². The van der Waals surface area contributed by atoms with E-state index in [1.807, 2.05) is 0 Å². The Morgan fingerprint density at radius 2 is 2.26 bits per heavy atom. The lowest BCUT2D eigenvalue weighted by atomic mass is 10.2. The molecule has 1 saturated carbocycles. The molecule has 2 rings (SSSR count). The van der Waals surface area contributed by atoms with Crippen LogP contribution in [0.2, 0.25) is 0 Å². The molecule has 1 fully saturated rings. The molecular formula is C13H20N4O2. The number of aromatic nitrogens is 1. The lowest BCUT2D eigenvalue weighted by Crippen LogP contribution is -2.19. The van der Waals surface area contributed by atoms with Crippen molar-refractivity contribution in [2.24, 2.45) is 5.92 Å². The number of nitro groups is 1. The van der Waals surface area contributed by atoms with Crippen LogP contribution in [0.15, 0.2) is 12.1 Å².